The van der Waals surface area contributed by atoms with Crippen LogP contribution in [0.5, 0.6) is 0 Å². The molecule has 21 heavy (non-hydrogen) atoms. The van der Waals surface area contributed by atoms with Gasteiger partial charge in [0.25, 0.3) is 0 Å². The molecule has 0 radical (unpaired) electrons. The molecule has 0 bridgehead atoms. The average molecular weight is 288 g/mol. The van der Waals surface area contributed by atoms with Crippen LogP contribution < -0.4 is 0 Å². The molecule has 0 saturated heterocycles. The van der Waals surface area contributed by atoms with E-state index in [1.165, 1.54) is 37.3 Å². The zero-order chi connectivity index (χ0) is 15.8. The molecular weight excluding hydrogens is 275 g/mol. The molecule has 1 aromatic carbocycles. The van der Waals surface area contributed by atoms with Gasteiger partial charge in [-0.15, -0.1) is 0 Å². The van der Waals surface area contributed by atoms with Gasteiger partial charge in [-0.2, -0.15) is 5.26 Å². The molecule has 0 aliphatic carbocycles. The van der Waals surface area contributed by atoms with Gasteiger partial charge in [-0.1, -0.05) is 12.1 Å². The van der Waals surface area contributed by atoms with E-state index in [0.29, 0.717) is 5.56 Å². The number of halogens is 1. The van der Waals surface area contributed by atoms with E-state index < -0.39 is 24.3 Å². The van der Waals surface area contributed by atoms with Crippen molar-refractivity contribution in [2.75, 3.05) is 6.61 Å². The minimum Gasteiger partial charge on any atom is -0.454 e. The minimum atomic E-state index is -1.20. The van der Waals surface area contributed by atoms with Crippen LogP contribution in [0.15, 0.2) is 30.3 Å². The van der Waals surface area contributed by atoms with Crippen LogP contribution in [0.4, 0.5) is 4.39 Å². The van der Waals surface area contributed by atoms with E-state index in [1.807, 2.05) is 0 Å². The van der Waals surface area contributed by atoms with Crippen molar-refractivity contribution in [3.8, 4) is 6.07 Å². The summed E-state index contributed by atoms with van der Waals surface area (Å²) >= 11 is 0. The predicted molar refractivity (Wildman–Crippen MR) is 73.9 cm³/mol. The summed E-state index contributed by atoms with van der Waals surface area (Å²) in [6.45, 7) is 0.767. The summed E-state index contributed by atoms with van der Waals surface area (Å²) in [5.74, 6) is -2.98. The molecule has 0 fully saturated rings. The van der Waals surface area contributed by atoms with E-state index in [4.69, 9.17) is 10.7 Å². The molecule has 0 spiro atoms. The molecule has 1 unspecified atom stereocenters. The number of rotatable bonds is 6. The molecule has 1 aromatic rings. The summed E-state index contributed by atoms with van der Waals surface area (Å²) in [6, 6.07) is 7.13. The Morgan fingerprint density at radius 2 is 2.05 bits per heavy atom. The molecule has 0 heterocycles. The fourth-order valence-corrected chi connectivity index (χ4v) is 1.42. The Kier molecular flexibility index (Phi) is 5.96. The summed E-state index contributed by atoms with van der Waals surface area (Å²) < 4.78 is 17.4. The fourth-order valence-electron chi connectivity index (χ4n) is 1.42. The first-order valence-corrected chi connectivity index (χ1v) is 6.02. The highest BCUT2D eigenvalue weighted by molar-refractivity contribution is 6.06. The van der Waals surface area contributed by atoms with Crippen molar-refractivity contribution in [3.05, 3.63) is 41.7 Å². The minimum absolute atomic E-state index is 0.0968. The number of nitrogens with zero attached hydrogens (tertiary/aromatic N) is 1. The van der Waals surface area contributed by atoms with Gasteiger partial charge in [0, 0.05) is 11.8 Å². The number of ketones is 1. The Labute approximate surface area is 121 Å². The number of nitrogens with one attached hydrogen (secondary N) is 1. The third-order valence-electron chi connectivity index (χ3n) is 2.52. The van der Waals surface area contributed by atoms with Gasteiger partial charge in [-0.25, -0.2) is 9.18 Å². The van der Waals surface area contributed by atoms with Crippen LogP contribution in [0.3, 0.4) is 0 Å². The average Bonchev–Trinajstić information content (AvgIpc) is 2.45. The van der Waals surface area contributed by atoms with E-state index in [2.05, 4.69) is 4.74 Å². The maximum Gasteiger partial charge on any atom is 0.331 e. The van der Waals surface area contributed by atoms with Gasteiger partial charge in [0.1, 0.15) is 11.7 Å². The molecule has 108 valence electrons. The highest BCUT2D eigenvalue weighted by Gasteiger charge is 2.20. The summed E-state index contributed by atoms with van der Waals surface area (Å²) in [4.78, 5) is 22.9. The van der Waals surface area contributed by atoms with Crippen molar-refractivity contribution >= 4 is 23.5 Å². The molecule has 1 atom stereocenters. The quantitative estimate of drug-likeness (QED) is 0.493. The predicted octanol–water partition coefficient (Wildman–Crippen LogP) is 2.13. The van der Waals surface area contributed by atoms with Crippen molar-refractivity contribution in [1.29, 1.82) is 10.7 Å². The molecular formula is C15H13FN2O3. The molecule has 5 nitrogen and oxygen atoms in total. The standard InChI is InChI=1S/C15H13FN2O3/c1-10(18)13(8-17)14(19)9-21-15(20)7-4-11-2-5-12(16)6-3-11/h2-7,13,18H,9H2,1H3/b7-4+,18-10?. The van der Waals surface area contributed by atoms with Gasteiger partial charge in [0.15, 0.2) is 12.4 Å². The van der Waals surface area contributed by atoms with E-state index in [9.17, 15) is 14.0 Å². The molecule has 0 saturated carbocycles. The van der Waals surface area contributed by atoms with Crippen LogP contribution in [0.2, 0.25) is 0 Å². The van der Waals surface area contributed by atoms with Crippen LogP contribution in [0, 0.1) is 28.5 Å². The smallest absolute Gasteiger partial charge is 0.331 e. The van der Waals surface area contributed by atoms with Crippen molar-refractivity contribution in [1.82, 2.24) is 0 Å². The number of benzene rings is 1. The van der Waals surface area contributed by atoms with E-state index in [0.717, 1.165) is 6.08 Å². The number of carbonyl (C=O) groups excluding carboxylic acids is 2. The maximum atomic E-state index is 12.7. The summed E-state index contributed by atoms with van der Waals surface area (Å²) in [7, 11) is 0. The summed E-state index contributed by atoms with van der Waals surface area (Å²) in [5, 5.41) is 16.0. The van der Waals surface area contributed by atoms with Crippen molar-refractivity contribution in [3.63, 3.8) is 0 Å². The van der Waals surface area contributed by atoms with Gasteiger partial charge in [-0.3, -0.25) is 4.79 Å². The number of nitriles is 1. The third kappa shape index (κ3) is 5.37. The lowest BCUT2D eigenvalue weighted by atomic mass is 10.0. The zero-order valence-electron chi connectivity index (χ0n) is 11.3. The Bertz CT molecular complexity index is 615. The Morgan fingerprint density at radius 3 is 2.57 bits per heavy atom. The maximum absolute atomic E-state index is 12.7. The third-order valence-corrected chi connectivity index (χ3v) is 2.52. The number of hydrogen-bond acceptors (Lipinski definition) is 5. The highest BCUT2D eigenvalue weighted by Crippen LogP contribution is 2.05. The van der Waals surface area contributed by atoms with E-state index in [1.54, 1.807) is 6.07 Å². The first-order valence-electron chi connectivity index (χ1n) is 6.02. The number of hydrogen-bond donors (Lipinski definition) is 1. The Hall–Kier alpha value is -2.81. The molecule has 6 heteroatoms. The van der Waals surface area contributed by atoms with E-state index >= 15 is 0 Å². The lowest BCUT2D eigenvalue weighted by Crippen LogP contribution is -2.25. The normalized spacial score (nSPS) is 11.7. The molecule has 1 rings (SSSR count). The number of carbonyl (C=O) groups is 2. The van der Waals surface area contributed by atoms with Crippen molar-refractivity contribution < 1.29 is 18.7 Å². The van der Waals surface area contributed by atoms with Crippen molar-refractivity contribution in [2.45, 2.75) is 6.92 Å². The molecule has 0 aliphatic heterocycles. The van der Waals surface area contributed by atoms with Crippen LogP contribution in [-0.4, -0.2) is 24.1 Å². The fraction of sp³-hybridized carbons (Fsp3) is 0.200. The molecule has 0 amide bonds. The van der Waals surface area contributed by atoms with Crippen molar-refractivity contribution in [2.24, 2.45) is 5.92 Å². The topological polar surface area (TPSA) is 91.0 Å². The largest absolute Gasteiger partial charge is 0.454 e. The highest BCUT2D eigenvalue weighted by atomic mass is 19.1. The molecule has 0 aliphatic rings. The second-order valence-electron chi connectivity index (χ2n) is 4.20. The molecule has 1 N–H and O–H groups in total. The second kappa shape index (κ2) is 7.70. The van der Waals surface area contributed by atoms with Gasteiger partial charge in [-0.05, 0) is 30.7 Å². The SMILES string of the molecule is CC(=N)C(C#N)C(=O)COC(=O)/C=C/c1ccc(F)cc1. The zero-order valence-corrected chi connectivity index (χ0v) is 11.3. The van der Waals surface area contributed by atoms with Crippen LogP contribution in [0.1, 0.15) is 12.5 Å². The molecule has 0 aromatic heterocycles. The number of ether oxygens (including phenoxy) is 1. The number of esters is 1. The van der Waals surface area contributed by atoms with Crippen LogP contribution >= 0.6 is 0 Å². The second-order valence-corrected chi connectivity index (χ2v) is 4.20. The van der Waals surface area contributed by atoms with Crippen LogP contribution in [0.25, 0.3) is 6.08 Å². The Morgan fingerprint density at radius 1 is 1.43 bits per heavy atom. The van der Waals surface area contributed by atoms with Gasteiger partial charge in [0.2, 0.25) is 0 Å². The van der Waals surface area contributed by atoms with E-state index in [-0.39, 0.29) is 11.5 Å². The van der Waals surface area contributed by atoms with Gasteiger partial charge < -0.3 is 10.1 Å². The van der Waals surface area contributed by atoms with Gasteiger partial charge in [0.05, 0.1) is 6.07 Å². The first kappa shape index (κ1) is 16.2. The summed E-state index contributed by atoms with van der Waals surface area (Å²) in [6.07, 6.45) is 2.51. The van der Waals surface area contributed by atoms with Crippen LogP contribution in [-0.2, 0) is 14.3 Å². The monoisotopic (exact) mass is 288 g/mol. The first-order chi connectivity index (χ1) is 9.93. The Balaban J connectivity index is 2.51. The summed E-state index contributed by atoms with van der Waals surface area (Å²) in [5.41, 5.74) is 0.505. The van der Waals surface area contributed by atoms with Gasteiger partial charge >= 0.3 is 5.97 Å². The lowest BCUT2D eigenvalue weighted by Gasteiger charge is -2.05. The lowest BCUT2D eigenvalue weighted by molar-refractivity contribution is -0.143. The number of Topliss-reactive ketones (excluding diaryl/α,β-unsaturated/α-hetero) is 1.